The summed E-state index contributed by atoms with van der Waals surface area (Å²) in [6.07, 6.45) is 0. The predicted molar refractivity (Wildman–Crippen MR) is 131 cm³/mol. The summed E-state index contributed by atoms with van der Waals surface area (Å²) >= 11 is 0. The molecule has 0 saturated heterocycles. The smallest absolute Gasteiger partial charge is 0.333 e. The molecule has 1 N–H and O–H groups in total. The van der Waals surface area contributed by atoms with Crippen LogP contribution in [0.5, 0.6) is 0 Å². The van der Waals surface area contributed by atoms with Gasteiger partial charge in [0.05, 0.1) is 12.0 Å². The summed E-state index contributed by atoms with van der Waals surface area (Å²) in [6.45, 7) is 5.77. The van der Waals surface area contributed by atoms with Crippen molar-refractivity contribution >= 4 is 22.8 Å². The predicted octanol–water partition coefficient (Wildman–Crippen LogP) is 5.11. The van der Waals surface area contributed by atoms with Crippen LogP contribution in [0.15, 0.2) is 82.0 Å². The number of carbonyl (C=O) groups excluding carboxylic acids is 2. The highest BCUT2D eigenvalue weighted by atomic mass is 16.5. The van der Waals surface area contributed by atoms with Gasteiger partial charge in [-0.25, -0.2) is 4.79 Å². The SMILES string of the molecule is CCOC(=O)C(NC(=O)c1ccc(-c2cc(=O)c3cc(C)cc(C)c3o2)cc1)c1ccccc1. The van der Waals surface area contributed by atoms with E-state index in [1.807, 2.05) is 32.0 Å². The van der Waals surface area contributed by atoms with Crippen LogP contribution in [0.25, 0.3) is 22.3 Å². The first-order valence-electron chi connectivity index (χ1n) is 11.1. The molecule has 1 aromatic heterocycles. The maximum atomic E-state index is 12.9. The fraction of sp³-hybridized carbons (Fsp3) is 0.179. The third-order valence-corrected chi connectivity index (χ3v) is 5.52. The zero-order valence-corrected chi connectivity index (χ0v) is 19.3. The Kier molecular flexibility index (Phi) is 6.59. The molecule has 1 heterocycles. The maximum absolute atomic E-state index is 12.9. The lowest BCUT2D eigenvalue weighted by molar-refractivity contribution is -0.145. The van der Waals surface area contributed by atoms with Crippen molar-refractivity contribution in [3.05, 3.63) is 105 Å². The van der Waals surface area contributed by atoms with Crippen molar-refractivity contribution in [3.63, 3.8) is 0 Å². The Hall–Kier alpha value is -4.19. The summed E-state index contributed by atoms with van der Waals surface area (Å²) in [5.41, 5.74) is 3.98. The summed E-state index contributed by atoms with van der Waals surface area (Å²) in [4.78, 5) is 38.0. The number of fused-ring (bicyclic) bond motifs is 1. The van der Waals surface area contributed by atoms with Gasteiger partial charge in [0.25, 0.3) is 5.91 Å². The van der Waals surface area contributed by atoms with Crippen LogP contribution in [-0.2, 0) is 9.53 Å². The molecule has 1 amide bonds. The lowest BCUT2D eigenvalue weighted by atomic mass is 10.0. The van der Waals surface area contributed by atoms with Crippen molar-refractivity contribution in [3.8, 4) is 11.3 Å². The molecule has 0 bridgehead atoms. The Bertz CT molecular complexity index is 1400. The first-order chi connectivity index (χ1) is 16.4. The molecule has 0 fully saturated rings. The molecule has 6 nitrogen and oxygen atoms in total. The van der Waals surface area contributed by atoms with Gasteiger partial charge in [-0.1, -0.05) is 48.5 Å². The van der Waals surface area contributed by atoms with Crippen molar-refractivity contribution in [2.24, 2.45) is 0 Å². The van der Waals surface area contributed by atoms with Gasteiger partial charge in [-0.2, -0.15) is 0 Å². The number of esters is 1. The number of nitrogens with one attached hydrogen (secondary N) is 1. The van der Waals surface area contributed by atoms with Gasteiger partial charge in [-0.05, 0) is 55.7 Å². The van der Waals surface area contributed by atoms with Crippen LogP contribution in [-0.4, -0.2) is 18.5 Å². The minimum atomic E-state index is -0.918. The van der Waals surface area contributed by atoms with E-state index in [1.54, 1.807) is 55.5 Å². The van der Waals surface area contributed by atoms with Crippen LogP contribution >= 0.6 is 0 Å². The van der Waals surface area contributed by atoms with Gasteiger partial charge < -0.3 is 14.5 Å². The lowest BCUT2D eigenvalue weighted by Gasteiger charge is -2.18. The molecule has 0 saturated carbocycles. The average molecular weight is 456 g/mol. The van der Waals surface area contributed by atoms with Crippen LogP contribution in [0.3, 0.4) is 0 Å². The number of benzene rings is 3. The maximum Gasteiger partial charge on any atom is 0.333 e. The molecule has 1 atom stereocenters. The Morgan fingerprint density at radius 1 is 0.971 bits per heavy atom. The lowest BCUT2D eigenvalue weighted by Crippen LogP contribution is -2.35. The number of rotatable bonds is 6. The minimum Gasteiger partial charge on any atom is -0.464 e. The second-order valence-electron chi connectivity index (χ2n) is 8.08. The van der Waals surface area contributed by atoms with Crippen LogP contribution in [0, 0.1) is 13.8 Å². The topological polar surface area (TPSA) is 85.6 Å². The van der Waals surface area contributed by atoms with E-state index in [0.29, 0.717) is 33.4 Å². The summed E-state index contributed by atoms with van der Waals surface area (Å²) in [5, 5.41) is 3.30. The zero-order chi connectivity index (χ0) is 24.2. The Morgan fingerprint density at radius 2 is 1.68 bits per heavy atom. The molecule has 6 heteroatoms. The quantitative estimate of drug-likeness (QED) is 0.408. The third kappa shape index (κ3) is 4.76. The molecule has 3 aromatic carbocycles. The van der Waals surface area contributed by atoms with E-state index < -0.39 is 17.9 Å². The summed E-state index contributed by atoms with van der Waals surface area (Å²) < 4.78 is 11.2. The second kappa shape index (κ2) is 9.75. The normalized spacial score (nSPS) is 11.7. The van der Waals surface area contributed by atoms with Crippen molar-refractivity contribution in [1.29, 1.82) is 0 Å². The van der Waals surface area contributed by atoms with E-state index in [4.69, 9.17) is 9.15 Å². The monoisotopic (exact) mass is 455 g/mol. The third-order valence-electron chi connectivity index (χ3n) is 5.52. The van der Waals surface area contributed by atoms with Gasteiger partial charge in [-0.15, -0.1) is 0 Å². The molecule has 4 aromatic rings. The standard InChI is InChI=1S/C28H25NO5/c1-4-33-28(32)25(20-8-6-5-7-9-20)29-27(31)21-12-10-19(11-13-21)24-16-23(30)22-15-17(2)14-18(3)26(22)34-24/h5-16,25H,4H2,1-3H3,(H,29,31). The largest absolute Gasteiger partial charge is 0.464 e. The number of hydrogen-bond acceptors (Lipinski definition) is 5. The Balaban J connectivity index is 1.60. The first-order valence-corrected chi connectivity index (χ1v) is 11.1. The molecule has 34 heavy (non-hydrogen) atoms. The van der Waals surface area contributed by atoms with E-state index in [-0.39, 0.29) is 12.0 Å². The van der Waals surface area contributed by atoms with E-state index in [1.165, 1.54) is 6.07 Å². The number of amides is 1. The van der Waals surface area contributed by atoms with Crippen LogP contribution in [0.1, 0.15) is 40.0 Å². The van der Waals surface area contributed by atoms with Crippen LogP contribution < -0.4 is 10.7 Å². The number of aryl methyl sites for hydroxylation is 2. The molecular weight excluding hydrogens is 430 g/mol. The number of carbonyl (C=O) groups is 2. The van der Waals surface area contributed by atoms with Crippen molar-refractivity contribution in [1.82, 2.24) is 5.32 Å². The first kappa shape index (κ1) is 23.0. The van der Waals surface area contributed by atoms with Gasteiger partial charge >= 0.3 is 5.97 Å². The van der Waals surface area contributed by atoms with E-state index in [2.05, 4.69) is 5.32 Å². The van der Waals surface area contributed by atoms with Gasteiger partial charge in [0.15, 0.2) is 11.5 Å². The fourth-order valence-electron chi connectivity index (χ4n) is 3.90. The molecule has 0 aliphatic rings. The molecular formula is C28H25NO5. The van der Waals surface area contributed by atoms with E-state index >= 15 is 0 Å². The zero-order valence-electron chi connectivity index (χ0n) is 19.3. The molecule has 172 valence electrons. The van der Waals surface area contributed by atoms with Crippen molar-refractivity contribution in [2.45, 2.75) is 26.8 Å². The van der Waals surface area contributed by atoms with Crippen LogP contribution in [0.2, 0.25) is 0 Å². The molecule has 4 rings (SSSR count). The minimum absolute atomic E-state index is 0.120. The molecule has 0 radical (unpaired) electrons. The molecule has 0 aliphatic carbocycles. The highest BCUT2D eigenvalue weighted by Gasteiger charge is 2.24. The summed E-state index contributed by atoms with van der Waals surface area (Å²) in [7, 11) is 0. The Morgan fingerprint density at radius 3 is 2.35 bits per heavy atom. The molecule has 0 spiro atoms. The van der Waals surface area contributed by atoms with Crippen molar-refractivity contribution in [2.75, 3.05) is 6.61 Å². The summed E-state index contributed by atoms with van der Waals surface area (Å²) in [6, 6.07) is 20.0. The molecule has 0 aliphatic heterocycles. The van der Waals surface area contributed by atoms with Gasteiger partial charge in [0.1, 0.15) is 11.3 Å². The Labute approximate surface area is 197 Å². The molecule has 1 unspecified atom stereocenters. The highest BCUT2D eigenvalue weighted by molar-refractivity contribution is 5.97. The average Bonchev–Trinajstić information content (AvgIpc) is 2.83. The number of ether oxygens (including phenoxy) is 1. The van der Waals surface area contributed by atoms with Gasteiger partial charge in [0.2, 0.25) is 0 Å². The van der Waals surface area contributed by atoms with E-state index in [9.17, 15) is 14.4 Å². The van der Waals surface area contributed by atoms with Gasteiger partial charge in [-0.3, -0.25) is 9.59 Å². The van der Waals surface area contributed by atoms with Crippen LogP contribution in [0.4, 0.5) is 0 Å². The highest BCUT2D eigenvalue weighted by Crippen LogP contribution is 2.25. The van der Waals surface area contributed by atoms with E-state index in [0.717, 1.165) is 11.1 Å². The number of hydrogen-bond donors (Lipinski definition) is 1. The summed E-state index contributed by atoms with van der Waals surface area (Å²) in [5.74, 6) is -0.521. The fourth-order valence-corrected chi connectivity index (χ4v) is 3.90. The van der Waals surface area contributed by atoms with Crippen molar-refractivity contribution < 1.29 is 18.7 Å². The van der Waals surface area contributed by atoms with Gasteiger partial charge in [0, 0.05) is 17.2 Å². The second-order valence-corrected chi connectivity index (χ2v) is 8.08.